The minimum Gasteiger partial charge on any atom is -0.0891 e. The van der Waals surface area contributed by atoms with Gasteiger partial charge < -0.3 is 0 Å². The molecule has 0 saturated heterocycles. The summed E-state index contributed by atoms with van der Waals surface area (Å²) in [7, 11) is 1.44. The van der Waals surface area contributed by atoms with Gasteiger partial charge >= 0.3 is 0 Å². The van der Waals surface area contributed by atoms with Gasteiger partial charge in [0.1, 0.15) is 7.28 Å². The lowest BCUT2D eigenvalue weighted by molar-refractivity contribution is 0.0386. The summed E-state index contributed by atoms with van der Waals surface area (Å²) < 4.78 is 0. The highest BCUT2D eigenvalue weighted by Crippen LogP contribution is 2.64. The van der Waals surface area contributed by atoms with E-state index in [0.717, 1.165) is 53.2 Å². The first-order chi connectivity index (χ1) is 13.1. The lowest BCUT2D eigenvalue weighted by Gasteiger charge is -2.47. The zero-order valence-electron chi connectivity index (χ0n) is 18.6. The molecule has 0 aromatic carbocycles. The van der Waals surface area contributed by atoms with Gasteiger partial charge in [0.2, 0.25) is 0 Å². The van der Waals surface area contributed by atoms with E-state index >= 15 is 0 Å². The largest absolute Gasteiger partial charge is 0.121 e. The second-order valence-corrected chi connectivity index (χ2v) is 12.4. The Balaban J connectivity index is 1.25. The third-order valence-corrected chi connectivity index (χ3v) is 11.2. The molecule has 5 aliphatic carbocycles. The molecule has 1 heteroatoms. The molecule has 5 fully saturated rings. The van der Waals surface area contributed by atoms with Gasteiger partial charge in [-0.05, 0) is 104 Å². The van der Waals surface area contributed by atoms with E-state index in [1.807, 2.05) is 0 Å². The van der Waals surface area contributed by atoms with E-state index in [9.17, 15) is 0 Å². The van der Waals surface area contributed by atoms with Crippen molar-refractivity contribution in [2.75, 3.05) is 0 Å². The Hall–Kier alpha value is 0.0649. The average molecular weight is 368 g/mol. The Morgan fingerprint density at radius 3 is 1.96 bits per heavy atom. The molecule has 0 N–H and O–H groups in total. The summed E-state index contributed by atoms with van der Waals surface area (Å²) in [6.45, 7) is 7.80. The van der Waals surface area contributed by atoms with E-state index in [1.165, 1.54) is 20.1 Å². The Kier molecular flexibility index (Phi) is 5.22. The Labute approximate surface area is 170 Å². The maximum absolute atomic E-state index is 2.69. The molecule has 0 radical (unpaired) electrons. The van der Waals surface area contributed by atoms with Crippen LogP contribution in [0.25, 0.3) is 0 Å². The number of hydrogen-bond donors (Lipinski definition) is 0. The van der Waals surface area contributed by atoms with Crippen molar-refractivity contribution in [3.05, 3.63) is 0 Å². The maximum atomic E-state index is 2.69. The van der Waals surface area contributed by atoms with E-state index in [2.05, 4.69) is 20.7 Å². The van der Waals surface area contributed by atoms with Gasteiger partial charge in [0, 0.05) is 0 Å². The van der Waals surface area contributed by atoms with Gasteiger partial charge in [-0.1, -0.05) is 58.6 Å². The normalized spacial score (nSPS) is 51.7. The molecule has 0 spiro atoms. The Morgan fingerprint density at radius 1 is 0.593 bits per heavy atom. The second kappa shape index (κ2) is 7.39. The first-order valence-electron chi connectivity index (χ1n) is 13.1. The number of fused-ring (bicyclic) bond motifs is 4. The summed E-state index contributed by atoms with van der Waals surface area (Å²) in [6, 6.07) is 0. The predicted octanol–water partition coefficient (Wildman–Crippen LogP) is 7.35. The molecule has 0 aliphatic heterocycles. The van der Waals surface area contributed by atoms with Crippen molar-refractivity contribution in [3.8, 4) is 0 Å². The molecule has 0 bridgehead atoms. The Morgan fingerprint density at radius 2 is 1.19 bits per heavy atom. The number of rotatable bonds is 2. The van der Waals surface area contributed by atoms with E-state index in [1.54, 1.807) is 70.6 Å². The molecule has 27 heavy (non-hydrogen) atoms. The topological polar surface area (TPSA) is 0 Å². The fourth-order valence-corrected chi connectivity index (χ4v) is 9.71. The molecule has 5 saturated carbocycles. The van der Waals surface area contributed by atoms with E-state index in [-0.39, 0.29) is 0 Å². The van der Waals surface area contributed by atoms with Crippen LogP contribution in [0.2, 0.25) is 12.6 Å². The third-order valence-electron chi connectivity index (χ3n) is 11.2. The zero-order valence-corrected chi connectivity index (χ0v) is 18.6. The van der Waals surface area contributed by atoms with Crippen molar-refractivity contribution in [2.24, 2.45) is 52.8 Å². The molecule has 0 aromatic heterocycles. The van der Waals surface area contributed by atoms with Crippen molar-refractivity contribution < 1.29 is 0 Å². The summed E-state index contributed by atoms with van der Waals surface area (Å²) in [5, 5.41) is 0. The third kappa shape index (κ3) is 3.26. The molecular formula is C26H45B. The van der Waals surface area contributed by atoms with Gasteiger partial charge in [0.05, 0.1) is 0 Å². The summed E-state index contributed by atoms with van der Waals surface area (Å²) in [5.41, 5.74) is 0.644. The van der Waals surface area contributed by atoms with Crippen molar-refractivity contribution in [3.63, 3.8) is 0 Å². The summed E-state index contributed by atoms with van der Waals surface area (Å²) in [6.07, 6.45) is 20.5. The van der Waals surface area contributed by atoms with Gasteiger partial charge in [0.15, 0.2) is 0 Å². The van der Waals surface area contributed by atoms with E-state index in [0.29, 0.717) is 5.41 Å². The van der Waals surface area contributed by atoms with Crippen LogP contribution in [0.5, 0.6) is 0 Å². The minimum atomic E-state index is 0.644. The average Bonchev–Trinajstić information content (AvgIpc) is 2.94. The van der Waals surface area contributed by atoms with Gasteiger partial charge in [-0.3, -0.25) is 0 Å². The SMILES string of the molecule is CBC1CCC2CC(C3CCC4C5CCCCC5C(C)(C)C4C3)CCC2C1. The van der Waals surface area contributed by atoms with Crippen LogP contribution in [-0.4, -0.2) is 7.28 Å². The molecule has 9 atom stereocenters. The summed E-state index contributed by atoms with van der Waals surface area (Å²) in [5.74, 6) is 9.85. The van der Waals surface area contributed by atoms with Crippen LogP contribution >= 0.6 is 0 Å². The van der Waals surface area contributed by atoms with E-state index < -0.39 is 0 Å². The fourth-order valence-electron chi connectivity index (χ4n) is 9.71. The maximum Gasteiger partial charge on any atom is 0.121 e. The van der Waals surface area contributed by atoms with Crippen molar-refractivity contribution in [1.29, 1.82) is 0 Å². The van der Waals surface area contributed by atoms with Crippen LogP contribution in [0, 0.1) is 52.8 Å². The van der Waals surface area contributed by atoms with Crippen LogP contribution in [0.3, 0.4) is 0 Å². The van der Waals surface area contributed by atoms with Crippen LogP contribution < -0.4 is 0 Å². The molecule has 0 aromatic rings. The molecule has 0 nitrogen and oxygen atoms in total. The first-order valence-corrected chi connectivity index (χ1v) is 13.1. The van der Waals surface area contributed by atoms with E-state index in [4.69, 9.17) is 0 Å². The first kappa shape index (κ1) is 19.1. The summed E-state index contributed by atoms with van der Waals surface area (Å²) in [4.78, 5) is 0. The predicted molar refractivity (Wildman–Crippen MR) is 118 cm³/mol. The van der Waals surface area contributed by atoms with Crippen LogP contribution in [0.4, 0.5) is 0 Å². The molecule has 152 valence electrons. The second-order valence-electron chi connectivity index (χ2n) is 12.4. The van der Waals surface area contributed by atoms with Crippen LogP contribution in [0.15, 0.2) is 0 Å². The van der Waals surface area contributed by atoms with Crippen LogP contribution in [0.1, 0.15) is 97.3 Å². The minimum absolute atomic E-state index is 0.644. The Bertz CT molecular complexity index is 524. The fraction of sp³-hybridized carbons (Fsp3) is 1.00. The van der Waals surface area contributed by atoms with Gasteiger partial charge in [0.25, 0.3) is 0 Å². The van der Waals surface area contributed by atoms with Crippen LogP contribution in [-0.2, 0) is 0 Å². The standard InChI is InChI=1S/C26H45B/c1-26(2)24-7-5-4-6-22(24)23-13-11-20(16-25(23)26)17-8-9-19-15-21(27-3)12-10-18(19)14-17/h17-25,27H,4-16H2,1-3H3. The monoisotopic (exact) mass is 368 g/mol. The highest BCUT2D eigenvalue weighted by atomic mass is 14.6. The molecule has 9 unspecified atom stereocenters. The smallest absolute Gasteiger partial charge is 0.0891 e. The molecule has 5 rings (SSSR count). The van der Waals surface area contributed by atoms with Gasteiger partial charge in [-0.25, -0.2) is 0 Å². The lowest BCUT2D eigenvalue weighted by atomic mass is 9.53. The van der Waals surface area contributed by atoms with Gasteiger partial charge in [-0.15, -0.1) is 0 Å². The zero-order chi connectivity index (χ0) is 18.6. The molecule has 0 heterocycles. The number of hydrogen-bond acceptors (Lipinski definition) is 0. The molecular weight excluding hydrogens is 323 g/mol. The highest BCUT2D eigenvalue weighted by molar-refractivity contribution is 6.35. The molecule has 0 amide bonds. The quantitative estimate of drug-likeness (QED) is 0.447. The van der Waals surface area contributed by atoms with Crippen molar-refractivity contribution in [2.45, 2.75) is 110 Å². The summed E-state index contributed by atoms with van der Waals surface area (Å²) >= 11 is 0. The van der Waals surface area contributed by atoms with Gasteiger partial charge in [-0.2, -0.15) is 0 Å². The van der Waals surface area contributed by atoms with Crippen molar-refractivity contribution in [1.82, 2.24) is 0 Å². The van der Waals surface area contributed by atoms with Crippen molar-refractivity contribution >= 4 is 7.28 Å². The molecule has 5 aliphatic rings. The lowest BCUT2D eigenvalue weighted by Crippen LogP contribution is -2.37. The highest BCUT2D eigenvalue weighted by Gasteiger charge is 2.57.